The monoisotopic (exact) mass is 300 g/mol. The second-order valence-electron chi connectivity index (χ2n) is 4.89. The van der Waals surface area contributed by atoms with Gasteiger partial charge in [-0.15, -0.1) is 0 Å². The van der Waals surface area contributed by atoms with Crippen LogP contribution >= 0.6 is 11.8 Å². The fourth-order valence-electron chi connectivity index (χ4n) is 2.42. The van der Waals surface area contributed by atoms with Crippen molar-refractivity contribution in [2.75, 3.05) is 18.4 Å². The van der Waals surface area contributed by atoms with Crippen molar-refractivity contribution in [2.24, 2.45) is 5.41 Å². The van der Waals surface area contributed by atoms with Gasteiger partial charge in [0.15, 0.2) is 0 Å². The Bertz CT molecular complexity index is 476. The SMILES string of the molecule is CCC1(C(=O)Nc2ccccc2SC(F)F)CCNC1. The van der Waals surface area contributed by atoms with Crippen LogP contribution in [0.15, 0.2) is 29.2 Å². The first-order valence-electron chi connectivity index (χ1n) is 6.63. The van der Waals surface area contributed by atoms with E-state index in [-0.39, 0.29) is 5.91 Å². The molecule has 1 aliphatic heterocycles. The topological polar surface area (TPSA) is 41.1 Å². The zero-order valence-electron chi connectivity index (χ0n) is 11.3. The lowest BCUT2D eigenvalue weighted by Crippen LogP contribution is -2.37. The maximum absolute atomic E-state index is 12.5. The van der Waals surface area contributed by atoms with Gasteiger partial charge in [0.2, 0.25) is 5.91 Å². The van der Waals surface area contributed by atoms with E-state index in [1.54, 1.807) is 24.3 Å². The molecule has 6 heteroatoms. The molecule has 1 amide bonds. The molecule has 2 N–H and O–H groups in total. The van der Waals surface area contributed by atoms with E-state index in [1.165, 1.54) is 0 Å². The summed E-state index contributed by atoms with van der Waals surface area (Å²) < 4.78 is 25.0. The van der Waals surface area contributed by atoms with Crippen LogP contribution in [-0.2, 0) is 4.79 Å². The van der Waals surface area contributed by atoms with E-state index in [0.29, 0.717) is 28.9 Å². The second kappa shape index (κ2) is 6.54. The molecule has 0 aliphatic carbocycles. The largest absolute Gasteiger partial charge is 0.325 e. The third-order valence-electron chi connectivity index (χ3n) is 3.75. The number of benzene rings is 1. The molecule has 0 radical (unpaired) electrons. The first-order valence-corrected chi connectivity index (χ1v) is 7.51. The quantitative estimate of drug-likeness (QED) is 0.820. The number of nitrogens with one attached hydrogen (secondary N) is 2. The highest BCUT2D eigenvalue weighted by Gasteiger charge is 2.39. The molecule has 1 aliphatic rings. The molecular formula is C14H18F2N2OS. The molecule has 0 bridgehead atoms. The highest BCUT2D eigenvalue weighted by Crippen LogP contribution is 2.35. The normalized spacial score (nSPS) is 22.2. The van der Waals surface area contributed by atoms with Crippen molar-refractivity contribution in [2.45, 2.75) is 30.4 Å². The first kappa shape index (κ1) is 15.3. The highest BCUT2D eigenvalue weighted by molar-refractivity contribution is 7.99. The van der Waals surface area contributed by atoms with Gasteiger partial charge in [-0.25, -0.2) is 0 Å². The Morgan fingerprint density at radius 1 is 1.50 bits per heavy atom. The van der Waals surface area contributed by atoms with Gasteiger partial charge in [0.25, 0.3) is 5.76 Å². The number of carbonyl (C=O) groups is 1. The lowest BCUT2D eigenvalue weighted by atomic mass is 9.83. The van der Waals surface area contributed by atoms with E-state index >= 15 is 0 Å². The molecule has 0 aromatic heterocycles. The van der Waals surface area contributed by atoms with Gasteiger partial charge in [-0.05, 0) is 31.5 Å². The van der Waals surface area contributed by atoms with Crippen molar-refractivity contribution in [3.63, 3.8) is 0 Å². The Morgan fingerprint density at radius 3 is 2.85 bits per heavy atom. The predicted octanol–water partition coefficient (Wildman–Crippen LogP) is 3.33. The fourth-order valence-corrected chi connectivity index (χ4v) is 3.02. The maximum atomic E-state index is 12.5. The lowest BCUT2D eigenvalue weighted by molar-refractivity contribution is -0.124. The standard InChI is InChI=1S/C14H18F2N2OS/c1-2-14(7-8-17-9-14)12(19)18-10-5-3-4-6-11(10)20-13(15)16/h3-6,13,17H,2,7-9H2,1H3,(H,18,19). The summed E-state index contributed by atoms with van der Waals surface area (Å²) in [5.41, 5.74) is 0.0327. The molecule has 0 spiro atoms. The van der Waals surface area contributed by atoms with E-state index in [4.69, 9.17) is 0 Å². The molecule has 1 unspecified atom stereocenters. The Kier molecular flexibility index (Phi) is 4.99. The molecule has 1 aromatic rings. The highest BCUT2D eigenvalue weighted by atomic mass is 32.2. The van der Waals surface area contributed by atoms with Gasteiger partial charge >= 0.3 is 0 Å². The summed E-state index contributed by atoms with van der Waals surface area (Å²) in [5, 5.41) is 6.01. The van der Waals surface area contributed by atoms with Crippen molar-refractivity contribution < 1.29 is 13.6 Å². The minimum atomic E-state index is -2.50. The molecule has 1 aromatic carbocycles. The fraction of sp³-hybridized carbons (Fsp3) is 0.500. The number of rotatable bonds is 5. The number of para-hydroxylation sites is 1. The molecule has 0 saturated carbocycles. The average molecular weight is 300 g/mol. The van der Waals surface area contributed by atoms with Gasteiger partial charge in [0.05, 0.1) is 11.1 Å². The molecule has 1 saturated heterocycles. The van der Waals surface area contributed by atoms with Gasteiger partial charge in [0.1, 0.15) is 0 Å². The van der Waals surface area contributed by atoms with E-state index < -0.39 is 11.2 Å². The molecule has 2 rings (SSSR count). The molecule has 3 nitrogen and oxygen atoms in total. The van der Waals surface area contributed by atoms with Crippen molar-refractivity contribution >= 4 is 23.4 Å². The van der Waals surface area contributed by atoms with Crippen molar-refractivity contribution in [3.05, 3.63) is 24.3 Å². The number of halogens is 2. The zero-order chi connectivity index (χ0) is 14.6. The average Bonchev–Trinajstić information content (AvgIpc) is 2.90. The minimum absolute atomic E-state index is 0.0904. The number of thioether (sulfide) groups is 1. The van der Waals surface area contributed by atoms with Crippen LogP contribution in [0.4, 0.5) is 14.5 Å². The molecule has 20 heavy (non-hydrogen) atoms. The van der Waals surface area contributed by atoms with Crippen molar-refractivity contribution in [1.29, 1.82) is 0 Å². The number of amides is 1. The van der Waals surface area contributed by atoms with Crippen LogP contribution in [-0.4, -0.2) is 24.8 Å². The molecule has 1 heterocycles. The maximum Gasteiger partial charge on any atom is 0.288 e. The van der Waals surface area contributed by atoms with Crippen molar-refractivity contribution in [3.8, 4) is 0 Å². The summed E-state index contributed by atoms with van der Waals surface area (Å²) in [5.74, 6) is -2.59. The third kappa shape index (κ3) is 3.30. The number of carbonyl (C=O) groups excluding carboxylic acids is 1. The van der Waals surface area contributed by atoms with E-state index in [9.17, 15) is 13.6 Å². The Balaban J connectivity index is 2.15. The van der Waals surface area contributed by atoms with Crippen LogP contribution in [0.2, 0.25) is 0 Å². The Labute approximate surface area is 121 Å². The van der Waals surface area contributed by atoms with Crippen LogP contribution in [0.25, 0.3) is 0 Å². The second-order valence-corrected chi connectivity index (χ2v) is 5.92. The number of alkyl halides is 2. The lowest BCUT2D eigenvalue weighted by Gasteiger charge is -2.25. The van der Waals surface area contributed by atoms with Gasteiger partial charge in [-0.1, -0.05) is 30.8 Å². The number of hydrogen-bond acceptors (Lipinski definition) is 3. The summed E-state index contributed by atoms with van der Waals surface area (Å²) in [6, 6.07) is 6.68. The Hall–Kier alpha value is -1.14. The first-order chi connectivity index (χ1) is 9.57. The zero-order valence-corrected chi connectivity index (χ0v) is 12.1. The summed E-state index contributed by atoms with van der Waals surface area (Å²) in [4.78, 5) is 12.9. The summed E-state index contributed by atoms with van der Waals surface area (Å²) in [7, 11) is 0. The smallest absolute Gasteiger partial charge is 0.288 e. The summed E-state index contributed by atoms with van der Waals surface area (Å²) in [6.45, 7) is 3.43. The van der Waals surface area contributed by atoms with Crippen LogP contribution in [0, 0.1) is 5.41 Å². The molecule has 110 valence electrons. The van der Waals surface area contributed by atoms with Gasteiger partial charge in [0, 0.05) is 11.4 Å². The van der Waals surface area contributed by atoms with Crippen LogP contribution in [0.3, 0.4) is 0 Å². The third-order valence-corrected chi connectivity index (χ3v) is 4.54. The van der Waals surface area contributed by atoms with Crippen LogP contribution < -0.4 is 10.6 Å². The summed E-state index contributed by atoms with van der Waals surface area (Å²) >= 11 is 0.452. The van der Waals surface area contributed by atoms with E-state index in [0.717, 1.165) is 19.4 Å². The number of hydrogen-bond donors (Lipinski definition) is 2. The van der Waals surface area contributed by atoms with Gasteiger partial charge < -0.3 is 10.6 Å². The van der Waals surface area contributed by atoms with Crippen molar-refractivity contribution in [1.82, 2.24) is 5.32 Å². The van der Waals surface area contributed by atoms with E-state index in [1.807, 2.05) is 6.92 Å². The number of anilines is 1. The molecule has 1 fully saturated rings. The van der Waals surface area contributed by atoms with Gasteiger partial charge in [-0.3, -0.25) is 4.79 Å². The molecule has 1 atom stereocenters. The molecular weight excluding hydrogens is 282 g/mol. The summed E-state index contributed by atoms with van der Waals surface area (Å²) in [6.07, 6.45) is 1.51. The van der Waals surface area contributed by atoms with Gasteiger partial charge in [-0.2, -0.15) is 8.78 Å². The van der Waals surface area contributed by atoms with Crippen LogP contribution in [0.1, 0.15) is 19.8 Å². The predicted molar refractivity (Wildman–Crippen MR) is 77.1 cm³/mol. The van der Waals surface area contributed by atoms with Crippen LogP contribution in [0.5, 0.6) is 0 Å². The Morgan fingerprint density at radius 2 is 2.25 bits per heavy atom. The van der Waals surface area contributed by atoms with E-state index in [2.05, 4.69) is 10.6 Å². The minimum Gasteiger partial charge on any atom is -0.325 e.